The van der Waals surface area contributed by atoms with E-state index in [9.17, 15) is 4.79 Å². The third-order valence-corrected chi connectivity index (χ3v) is 3.52. The van der Waals surface area contributed by atoms with Crippen LogP contribution < -0.4 is 0 Å². The van der Waals surface area contributed by atoms with Gasteiger partial charge in [0.15, 0.2) is 0 Å². The number of nitrogens with zero attached hydrogens (tertiary/aromatic N) is 1. The van der Waals surface area contributed by atoms with Gasteiger partial charge in [-0.3, -0.25) is 0 Å². The van der Waals surface area contributed by atoms with Crippen LogP contribution in [0.4, 0.5) is 0 Å². The number of aryl methyl sites for hydroxylation is 2. The van der Waals surface area contributed by atoms with E-state index >= 15 is 0 Å². The van der Waals surface area contributed by atoms with Crippen LogP contribution in [0.3, 0.4) is 0 Å². The highest BCUT2D eigenvalue weighted by Crippen LogP contribution is 2.32. The fourth-order valence-electron chi connectivity index (χ4n) is 2.58. The second-order valence-corrected chi connectivity index (χ2v) is 6.52. The van der Waals surface area contributed by atoms with Crippen LogP contribution in [-0.4, -0.2) is 16.6 Å². The van der Waals surface area contributed by atoms with Crippen molar-refractivity contribution in [1.29, 1.82) is 5.26 Å². The first-order valence-corrected chi connectivity index (χ1v) is 7.72. The number of hydrogen-bond donors (Lipinski definition) is 1. The highest BCUT2D eigenvalue weighted by Gasteiger charge is 2.26. The number of nitriles is 1. The van der Waals surface area contributed by atoms with Gasteiger partial charge in [0.1, 0.15) is 5.60 Å². The number of esters is 1. The molecule has 2 aromatic rings. The molecule has 0 amide bonds. The molecule has 0 saturated heterocycles. The summed E-state index contributed by atoms with van der Waals surface area (Å²) >= 11 is 0. The zero-order valence-corrected chi connectivity index (χ0v) is 14.3. The van der Waals surface area contributed by atoms with E-state index in [0.717, 1.165) is 22.5 Å². The maximum atomic E-state index is 12.7. The Morgan fingerprint density at radius 2 is 1.87 bits per heavy atom. The van der Waals surface area contributed by atoms with Gasteiger partial charge in [-0.2, -0.15) is 5.26 Å². The van der Waals surface area contributed by atoms with Gasteiger partial charge in [0, 0.05) is 17.0 Å². The number of carbonyl (C=O) groups is 1. The molecule has 0 saturated carbocycles. The topological polar surface area (TPSA) is 65.9 Å². The number of rotatable bonds is 3. The Morgan fingerprint density at radius 3 is 2.35 bits per heavy atom. The highest BCUT2D eigenvalue weighted by atomic mass is 16.6. The van der Waals surface area contributed by atoms with Gasteiger partial charge in [-0.05, 0) is 51.8 Å². The molecule has 2 rings (SSSR count). The van der Waals surface area contributed by atoms with Crippen molar-refractivity contribution in [2.75, 3.05) is 0 Å². The minimum atomic E-state index is -0.546. The van der Waals surface area contributed by atoms with Gasteiger partial charge in [0.2, 0.25) is 0 Å². The molecular weight excluding hydrogens is 288 g/mol. The van der Waals surface area contributed by atoms with Crippen molar-refractivity contribution >= 4 is 5.97 Å². The van der Waals surface area contributed by atoms with Gasteiger partial charge in [-0.15, -0.1) is 0 Å². The van der Waals surface area contributed by atoms with Crippen molar-refractivity contribution in [1.82, 2.24) is 4.98 Å². The minimum Gasteiger partial charge on any atom is -0.456 e. The predicted molar refractivity (Wildman–Crippen MR) is 90.2 cm³/mol. The molecule has 0 aliphatic rings. The zero-order chi connectivity index (χ0) is 17.2. The van der Waals surface area contributed by atoms with Gasteiger partial charge in [-0.1, -0.05) is 19.1 Å². The number of aromatic amines is 1. The van der Waals surface area contributed by atoms with Gasteiger partial charge in [0.25, 0.3) is 0 Å². The van der Waals surface area contributed by atoms with Crippen LogP contribution in [-0.2, 0) is 11.2 Å². The van der Waals surface area contributed by atoms with Crippen molar-refractivity contribution in [3.8, 4) is 17.2 Å². The number of aromatic nitrogens is 1. The molecule has 1 aromatic heterocycles. The number of nitrogens with one attached hydrogen (secondary N) is 1. The first-order valence-electron chi connectivity index (χ1n) is 7.72. The van der Waals surface area contributed by atoms with E-state index in [1.165, 1.54) is 0 Å². The Labute approximate surface area is 137 Å². The van der Waals surface area contributed by atoms with Crippen LogP contribution in [0.5, 0.6) is 0 Å². The van der Waals surface area contributed by atoms with Crippen LogP contribution in [0.15, 0.2) is 24.3 Å². The average molecular weight is 310 g/mol. The zero-order valence-electron chi connectivity index (χ0n) is 14.3. The average Bonchev–Trinajstić information content (AvgIpc) is 2.82. The molecule has 0 radical (unpaired) electrons. The molecule has 0 aliphatic carbocycles. The second kappa shape index (κ2) is 6.29. The summed E-state index contributed by atoms with van der Waals surface area (Å²) in [5.41, 5.74) is 4.18. The lowest BCUT2D eigenvalue weighted by Crippen LogP contribution is -2.24. The molecule has 1 heterocycles. The quantitative estimate of drug-likeness (QED) is 0.856. The Balaban J connectivity index is 2.56. The monoisotopic (exact) mass is 310 g/mol. The third-order valence-electron chi connectivity index (χ3n) is 3.52. The highest BCUT2D eigenvalue weighted by molar-refractivity contribution is 6.00. The van der Waals surface area contributed by atoms with Crippen LogP contribution in [0, 0.1) is 18.3 Å². The van der Waals surface area contributed by atoms with Crippen LogP contribution >= 0.6 is 0 Å². The van der Waals surface area contributed by atoms with E-state index in [0.29, 0.717) is 17.5 Å². The smallest absolute Gasteiger partial charge is 0.341 e. The minimum absolute atomic E-state index is 0.321. The second-order valence-electron chi connectivity index (χ2n) is 6.52. The number of carbonyl (C=O) groups excluding carboxylic acids is 1. The van der Waals surface area contributed by atoms with E-state index < -0.39 is 5.60 Å². The summed E-state index contributed by atoms with van der Waals surface area (Å²) in [5.74, 6) is -0.321. The normalized spacial score (nSPS) is 11.1. The fraction of sp³-hybridized carbons (Fsp3) is 0.368. The van der Waals surface area contributed by atoms with Crippen molar-refractivity contribution in [3.05, 3.63) is 46.8 Å². The molecule has 120 valence electrons. The molecule has 0 unspecified atom stereocenters. The van der Waals surface area contributed by atoms with Crippen molar-refractivity contribution in [2.24, 2.45) is 0 Å². The van der Waals surface area contributed by atoms with E-state index in [2.05, 4.69) is 11.1 Å². The summed E-state index contributed by atoms with van der Waals surface area (Å²) in [6.07, 6.45) is 0.714. The van der Waals surface area contributed by atoms with Gasteiger partial charge < -0.3 is 9.72 Å². The Kier molecular flexibility index (Phi) is 4.60. The number of H-pyrrole nitrogens is 1. The van der Waals surface area contributed by atoms with Gasteiger partial charge in [-0.25, -0.2) is 4.79 Å². The lowest BCUT2D eigenvalue weighted by Gasteiger charge is -2.20. The largest absolute Gasteiger partial charge is 0.456 e. The molecule has 4 heteroatoms. The Bertz CT molecular complexity index is 756. The van der Waals surface area contributed by atoms with Crippen molar-refractivity contribution in [3.63, 3.8) is 0 Å². The third kappa shape index (κ3) is 3.62. The molecule has 1 N–H and O–H groups in total. The molecular formula is C19H22N2O2. The predicted octanol–water partition coefficient (Wildman–Crippen LogP) is 4.38. The SMILES string of the molecule is CCc1[nH]c(C)c(-c2ccc(C#N)cc2)c1C(=O)OC(C)(C)C. The van der Waals surface area contributed by atoms with E-state index in [-0.39, 0.29) is 5.97 Å². The summed E-state index contributed by atoms with van der Waals surface area (Å²) in [6, 6.07) is 9.34. The maximum absolute atomic E-state index is 12.7. The first-order chi connectivity index (χ1) is 10.8. The van der Waals surface area contributed by atoms with E-state index in [1.54, 1.807) is 12.1 Å². The number of benzene rings is 1. The Hall–Kier alpha value is -2.54. The molecule has 23 heavy (non-hydrogen) atoms. The summed E-state index contributed by atoms with van der Waals surface area (Å²) in [7, 11) is 0. The summed E-state index contributed by atoms with van der Waals surface area (Å²) in [4.78, 5) is 16.0. The number of hydrogen-bond acceptors (Lipinski definition) is 3. The molecule has 1 aromatic carbocycles. The van der Waals surface area contributed by atoms with Gasteiger partial charge in [0.05, 0.1) is 17.2 Å². The fourth-order valence-corrected chi connectivity index (χ4v) is 2.58. The lowest BCUT2D eigenvalue weighted by molar-refractivity contribution is 0.00695. The van der Waals surface area contributed by atoms with Crippen LogP contribution in [0.25, 0.3) is 11.1 Å². The van der Waals surface area contributed by atoms with Crippen molar-refractivity contribution < 1.29 is 9.53 Å². The maximum Gasteiger partial charge on any atom is 0.341 e. The van der Waals surface area contributed by atoms with E-state index in [4.69, 9.17) is 10.00 Å². The summed E-state index contributed by atoms with van der Waals surface area (Å²) in [6.45, 7) is 9.52. The Morgan fingerprint density at radius 1 is 1.26 bits per heavy atom. The molecule has 0 fully saturated rings. The molecule has 0 spiro atoms. The molecule has 0 bridgehead atoms. The lowest BCUT2D eigenvalue weighted by atomic mass is 9.98. The van der Waals surface area contributed by atoms with E-state index in [1.807, 2.05) is 46.8 Å². The van der Waals surface area contributed by atoms with Gasteiger partial charge >= 0.3 is 5.97 Å². The first kappa shape index (κ1) is 16.8. The van der Waals surface area contributed by atoms with Crippen LogP contribution in [0.2, 0.25) is 0 Å². The molecule has 0 aliphatic heterocycles. The summed E-state index contributed by atoms with van der Waals surface area (Å²) in [5, 5.41) is 8.94. The standard InChI is InChI=1S/C19H22N2O2/c1-6-15-17(18(22)23-19(3,4)5)16(12(2)21-15)14-9-7-13(11-20)8-10-14/h7-10,21H,6H2,1-5H3. The van der Waals surface area contributed by atoms with Crippen LogP contribution in [0.1, 0.15) is 55.0 Å². The molecule has 4 nitrogen and oxygen atoms in total. The summed E-state index contributed by atoms with van der Waals surface area (Å²) < 4.78 is 5.58. The van der Waals surface area contributed by atoms with Crippen molar-refractivity contribution in [2.45, 2.75) is 46.6 Å². The number of ether oxygens (including phenoxy) is 1. The molecule has 0 atom stereocenters.